The van der Waals surface area contributed by atoms with E-state index in [1.807, 2.05) is 42.7 Å². The molecule has 1 aromatic carbocycles. The lowest BCUT2D eigenvalue weighted by molar-refractivity contribution is -0.120. The molecule has 162 valence electrons. The van der Waals surface area contributed by atoms with Crippen LogP contribution in [-0.4, -0.2) is 46.6 Å². The second kappa shape index (κ2) is 9.18. The summed E-state index contributed by atoms with van der Waals surface area (Å²) in [6.45, 7) is 2.87. The first-order chi connectivity index (χ1) is 15.3. The molecule has 31 heavy (non-hydrogen) atoms. The minimum atomic E-state index is 0.104. The smallest absolute Gasteiger partial charge is 0.224 e. The normalized spacial score (nSPS) is 22.7. The minimum Gasteiger partial charge on any atom is -0.361 e. The van der Waals surface area contributed by atoms with Gasteiger partial charge in [0.15, 0.2) is 0 Å². The van der Waals surface area contributed by atoms with Crippen LogP contribution in [0.25, 0.3) is 10.9 Å². The van der Waals surface area contributed by atoms with E-state index in [4.69, 9.17) is 0 Å². The molecule has 1 amide bonds. The van der Waals surface area contributed by atoms with E-state index in [9.17, 15) is 4.79 Å². The Hall–Kier alpha value is -2.74. The molecule has 2 aliphatic rings. The number of benzene rings is 1. The van der Waals surface area contributed by atoms with Crippen LogP contribution in [0.3, 0.4) is 0 Å². The molecule has 0 radical (unpaired) electrons. The zero-order valence-electron chi connectivity index (χ0n) is 17.7. The van der Waals surface area contributed by atoms with Crippen LogP contribution >= 0.6 is 0 Å². The summed E-state index contributed by atoms with van der Waals surface area (Å²) in [5, 5.41) is 4.29. The van der Waals surface area contributed by atoms with Gasteiger partial charge in [-0.05, 0) is 62.0 Å². The van der Waals surface area contributed by atoms with Gasteiger partial charge < -0.3 is 10.3 Å². The predicted molar refractivity (Wildman–Crippen MR) is 121 cm³/mol. The minimum absolute atomic E-state index is 0.104. The number of likely N-dealkylation sites (tertiary alicyclic amines) is 1. The first-order valence-corrected chi connectivity index (χ1v) is 11.2. The van der Waals surface area contributed by atoms with Gasteiger partial charge in [-0.25, -0.2) is 10.9 Å². The number of hydrogen-bond acceptors (Lipinski definition) is 5. The molecule has 0 bridgehead atoms. The van der Waals surface area contributed by atoms with Crippen molar-refractivity contribution < 1.29 is 4.79 Å². The number of amides is 1. The van der Waals surface area contributed by atoms with Crippen molar-refractivity contribution in [1.29, 1.82) is 0 Å². The number of piperidine rings is 1. The number of nitrogens with one attached hydrogen (secondary N) is 4. The Labute approximate surface area is 182 Å². The third-order valence-corrected chi connectivity index (χ3v) is 6.63. The molecule has 2 fully saturated rings. The van der Waals surface area contributed by atoms with E-state index in [0.29, 0.717) is 18.5 Å². The average molecular weight is 419 g/mol. The molecule has 7 heteroatoms. The lowest BCUT2D eigenvalue weighted by Crippen LogP contribution is -2.49. The van der Waals surface area contributed by atoms with Gasteiger partial charge in [0.25, 0.3) is 0 Å². The van der Waals surface area contributed by atoms with E-state index in [0.717, 1.165) is 61.1 Å². The van der Waals surface area contributed by atoms with Crippen LogP contribution in [0.15, 0.2) is 54.9 Å². The lowest BCUT2D eigenvalue weighted by atomic mass is 9.95. The Morgan fingerprint density at radius 1 is 1.10 bits per heavy atom. The fourth-order valence-corrected chi connectivity index (χ4v) is 4.80. The van der Waals surface area contributed by atoms with Crippen LogP contribution in [-0.2, 0) is 11.2 Å². The Bertz CT molecular complexity index is 1010. The molecular formula is C24H30N6O. The van der Waals surface area contributed by atoms with E-state index < -0.39 is 0 Å². The second-order valence-electron chi connectivity index (χ2n) is 8.67. The first kappa shape index (κ1) is 20.2. The molecule has 0 saturated carbocycles. The molecule has 2 aromatic heterocycles. The largest absolute Gasteiger partial charge is 0.361 e. The molecule has 2 aliphatic heterocycles. The third kappa shape index (κ3) is 4.63. The van der Waals surface area contributed by atoms with Gasteiger partial charge in [0.1, 0.15) is 0 Å². The fraction of sp³-hybridized carbons (Fsp3) is 0.417. The van der Waals surface area contributed by atoms with E-state index in [-0.39, 0.29) is 11.9 Å². The van der Waals surface area contributed by atoms with E-state index in [1.54, 1.807) is 0 Å². The molecule has 5 rings (SSSR count). The molecular weight excluding hydrogens is 388 g/mol. The highest BCUT2D eigenvalue weighted by Crippen LogP contribution is 2.26. The summed E-state index contributed by atoms with van der Waals surface area (Å²) in [6.07, 6.45) is 7.80. The summed E-state index contributed by atoms with van der Waals surface area (Å²) >= 11 is 0. The Morgan fingerprint density at radius 2 is 1.94 bits per heavy atom. The summed E-state index contributed by atoms with van der Waals surface area (Å²) in [5.74, 6) is 0.649. The number of carbonyl (C=O) groups is 1. The van der Waals surface area contributed by atoms with Gasteiger partial charge in [0, 0.05) is 29.8 Å². The second-order valence-corrected chi connectivity index (χ2v) is 8.67. The number of nitrogens with zero attached hydrogens (tertiary/aromatic N) is 2. The number of fused-ring (bicyclic) bond motifs is 1. The molecule has 4 heterocycles. The third-order valence-electron chi connectivity index (χ3n) is 6.63. The topological polar surface area (TPSA) is 85.1 Å². The van der Waals surface area contributed by atoms with Gasteiger partial charge in [-0.1, -0.05) is 24.3 Å². The Morgan fingerprint density at radius 3 is 2.77 bits per heavy atom. The van der Waals surface area contributed by atoms with Crippen LogP contribution in [0.4, 0.5) is 0 Å². The number of rotatable bonds is 6. The molecule has 4 N–H and O–H groups in total. The number of carbonyl (C=O) groups excluding carboxylic acids is 1. The average Bonchev–Trinajstić information content (AvgIpc) is 3.47. The summed E-state index contributed by atoms with van der Waals surface area (Å²) in [7, 11) is 0. The number of aromatic nitrogens is 2. The van der Waals surface area contributed by atoms with Gasteiger partial charge >= 0.3 is 0 Å². The van der Waals surface area contributed by atoms with Gasteiger partial charge in [-0.15, -0.1) is 0 Å². The molecule has 2 saturated heterocycles. The summed E-state index contributed by atoms with van der Waals surface area (Å²) in [4.78, 5) is 22.7. The maximum atomic E-state index is 12.5. The van der Waals surface area contributed by atoms with Crippen molar-refractivity contribution in [3.63, 3.8) is 0 Å². The predicted octanol–water partition coefficient (Wildman–Crippen LogP) is 2.50. The molecule has 2 atom stereocenters. The summed E-state index contributed by atoms with van der Waals surface area (Å²) in [6, 6.07) is 14.4. The molecule has 0 spiro atoms. The zero-order valence-corrected chi connectivity index (χ0v) is 17.7. The van der Waals surface area contributed by atoms with Crippen LogP contribution in [0.2, 0.25) is 0 Å². The van der Waals surface area contributed by atoms with Crippen LogP contribution in [0, 0.1) is 5.92 Å². The van der Waals surface area contributed by atoms with E-state index in [1.165, 1.54) is 0 Å². The number of pyridine rings is 1. The number of aromatic amines is 1. The SMILES string of the molecule is O=C(Cc1c[nH]c2ccccc12)NCC1CCN(C2CC(c3ccccn3)NN2)CC1. The Balaban J connectivity index is 1.06. The van der Waals surface area contributed by atoms with Crippen molar-refractivity contribution in [2.45, 2.75) is 37.9 Å². The Kier molecular flexibility index (Phi) is 5.97. The van der Waals surface area contributed by atoms with Crippen molar-refractivity contribution in [2.75, 3.05) is 19.6 Å². The molecule has 2 unspecified atom stereocenters. The zero-order chi connectivity index (χ0) is 21.0. The van der Waals surface area contributed by atoms with Crippen molar-refractivity contribution in [1.82, 2.24) is 31.0 Å². The van der Waals surface area contributed by atoms with Crippen LogP contribution in [0.1, 0.15) is 36.6 Å². The van der Waals surface area contributed by atoms with Crippen molar-refractivity contribution in [3.8, 4) is 0 Å². The van der Waals surface area contributed by atoms with Gasteiger partial charge in [0.2, 0.25) is 5.91 Å². The fourth-order valence-electron chi connectivity index (χ4n) is 4.80. The quantitative estimate of drug-likeness (QED) is 0.494. The van der Waals surface area contributed by atoms with Gasteiger partial charge in [-0.2, -0.15) is 0 Å². The molecule has 7 nitrogen and oxygen atoms in total. The van der Waals surface area contributed by atoms with Gasteiger partial charge in [-0.3, -0.25) is 14.7 Å². The number of H-pyrrole nitrogens is 1. The highest BCUT2D eigenvalue weighted by atomic mass is 16.1. The molecule has 3 aromatic rings. The van der Waals surface area contributed by atoms with E-state index in [2.05, 4.69) is 43.2 Å². The number of hydrazine groups is 1. The lowest BCUT2D eigenvalue weighted by Gasteiger charge is -2.35. The summed E-state index contributed by atoms with van der Waals surface area (Å²) < 4.78 is 0. The first-order valence-electron chi connectivity index (χ1n) is 11.2. The monoisotopic (exact) mass is 418 g/mol. The van der Waals surface area contributed by atoms with Crippen LogP contribution in [0.5, 0.6) is 0 Å². The summed E-state index contributed by atoms with van der Waals surface area (Å²) in [5.41, 5.74) is 10.1. The maximum absolute atomic E-state index is 12.5. The standard InChI is InChI=1S/C24H30N6O/c31-24(13-18-16-26-20-6-2-1-5-19(18)20)27-15-17-8-11-30(12-9-17)23-14-22(28-29-23)21-7-3-4-10-25-21/h1-7,10,16-17,22-23,26,28-29H,8-9,11-15H2,(H,27,31). The molecule has 0 aliphatic carbocycles. The number of hydrogen-bond donors (Lipinski definition) is 4. The highest BCUT2D eigenvalue weighted by Gasteiger charge is 2.32. The van der Waals surface area contributed by atoms with Gasteiger partial charge in [0.05, 0.1) is 24.3 Å². The van der Waals surface area contributed by atoms with E-state index >= 15 is 0 Å². The van der Waals surface area contributed by atoms with Crippen LogP contribution < -0.4 is 16.2 Å². The highest BCUT2D eigenvalue weighted by molar-refractivity contribution is 5.88. The van der Waals surface area contributed by atoms with Crippen molar-refractivity contribution >= 4 is 16.8 Å². The maximum Gasteiger partial charge on any atom is 0.224 e. The van der Waals surface area contributed by atoms with Crippen molar-refractivity contribution in [2.24, 2.45) is 5.92 Å². The van der Waals surface area contributed by atoms with Crippen molar-refractivity contribution in [3.05, 3.63) is 66.1 Å². The number of para-hydroxylation sites is 1.